The minimum Gasteiger partial charge on any atom is -0.496 e. The number of methoxy groups -OCH3 is 1. The minimum atomic E-state index is 0.439. The van der Waals surface area contributed by atoms with Crippen LogP contribution < -0.4 is 10.1 Å². The number of ether oxygens (including phenoxy) is 1. The first-order valence-electron chi connectivity index (χ1n) is 6.73. The Kier molecular flexibility index (Phi) is 3.76. The summed E-state index contributed by atoms with van der Waals surface area (Å²) in [6.45, 7) is 2.63. The zero-order valence-electron chi connectivity index (χ0n) is 11.9. The predicted octanol–water partition coefficient (Wildman–Crippen LogP) is 5.02. The van der Waals surface area contributed by atoms with E-state index in [-0.39, 0.29) is 0 Å². The van der Waals surface area contributed by atoms with E-state index in [9.17, 15) is 0 Å². The highest BCUT2D eigenvalue weighted by Gasteiger charge is 2.11. The van der Waals surface area contributed by atoms with Gasteiger partial charge in [-0.1, -0.05) is 18.2 Å². The first kappa shape index (κ1) is 13.8. The summed E-state index contributed by atoms with van der Waals surface area (Å²) >= 11 is 6.19. The van der Waals surface area contributed by atoms with Crippen LogP contribution >= 0.6 is 11.6 Å². The number of rotatable bonds is 4. The molecule has 0 amide bonds. The van der Waals surface area contributed by atoms with Crippen LogP contribution in [-0.2, 0) is 6.54 Å². The van der Waals surface area contributed by atoms with Crippen LogP contribution in [0.25, 0.3) is 11.0 Å². The molecule has 108 valence electrons. The van der Waals surface area contributed by atoms with Gasteiger partial charge in [-0.25, -0.2) is 0 Å². The van der Waals surface area contributed by atoms with Crippen LogP contribution in [0.3, 0.4) is 0 Å². The van der Waals surface area contributed by atoms with Gasteiger partial charge in [-0.05, 0) is 48.4 Å². The molecule has 0 unspecified atom stereocenters. The van der Waals surface area contributed by atoms with Crippen LogP contribution in [-0.4, -0.2) is 7.11 Å². The lowest BCUT2D eigenvalue weighted by molar-refractivity contribution is 0.412. The highest BCUT2D eigenvalue weighted by atomic mass is 35.5. The number of anilines is 1. The third kappa shape index (κ3) is 2.69. The molecule has 3 aromatic rings. The van der Waals surface area contributed by atoms with Gasteiger partial charge in [-0.2, -0.15) is 0 Å². The summed E-state index contributed by atoms with van der Waals surface area (Å²) in [6.07, 6.45) is 0. The Bertz CT molecular complexity index is 780. The second-order valence-electron chi connectivity index (χ2n) is 4.89. The molecular weight excluding hydrogens is 286 g/mol. The summed E-state index contributed by atoms with van der Waals surface area (Å²) in [6, 6.07) is 13.8. The number of benzene rings is 2. The monoisotopic (exact) mass is 301 g/mol. The fourth-order valence-electron chi connectivity index (χ4n) is 2.41. The van der Waals surface area contributed by atoms with E-state index in [0.717, 1.165) is 33.5 Å². The number of nitrogens with one attached hydrogen (secondary N) is 1. The molecule has 0 aliphatic heterocycles. The van der Waals surface area contributed by atoms with Crippen molar-refractivity contribution in [2.45, 2.75) is 13.5 Å². The van der Waals surface area contributed by atoms with Gasteiger partial charge in [0.25, 0.3) is 0 Å². The Morgan fingerprint density at radius 1 is 1.19 bits per heavy atom. The van der Waals surface area contributed by atoms with Gasteiger partial charge in [0.15, 0.2) is 5.22 Å². The Morgan fingerprint density at radius 3 is 2.76 bits per heavy atom. The van der Waals surface area contributed by atoms with E-state index in [4.69, 9.17) is 20.8 Å². The number of aryl methyl sites for hydroxylation is 1. The van der Waals surface area contributed by atoms with E-state index in [2.05, 4.69) is 11.4 Å². The molecule has 0 bridgehead atoms. The number of halogens is 1. The zero-order valence-corrected chi connectivity index (χ0v) is 12.7. The minimum absolute atomic E-state index is 0.439. The van der Waals surface area contributed by atoms with E-state index in [1.807, 2.05) is 43.3 Å². The standard InChI is InChI=1S/C17H16ClNO2/c1-11-9-12(7-8-15(11)20-2)19-10-14-13-5-3-4-6-16(13)21-17(14)18/h3-9,19H,10H2,1-2H3. The van der Waals surface area contributed by atoms with Crippen LogP contribution in [0.1, 0.15) is 11.1 Å². The first-order valence-corrected chi connectivity index (χ1v) is 7.11. The molecule has 3 nitrogen and oxygen atoms in total. The van der Waals surface area contributed by atoms with Crippen molar-refractivity contribution < 1.29 is 9.15 Å². The molecule has 4 heteroatoms. The van der Waals surface area contributed by atoms with Crippen molar-refractivity contribution in [3.8, 4) is 5.75 Å². The smallest absolute Gasteiger partial charge is 0.199 e. The van der Waals surface area contributed by atoms with Gasteiger partial charge in [-0.15, -0.1) is 0 Å². The van der Waals surface area contributed by atoms with Gasteiger partial charge >= 0.3 is 0 Å². The maximum atomic E-state index is 6.19. The average Bonchev–Trinajstić information content (AvgIpc) is 2.81. The number of furan rings is 1. The molecule has 1 N–H and O–H groups in total. The van der Waals surface area contributed by atoms with E-state index < -0.39 is 0 Å². The van der Waals surface area contributed by atoms with Crippen LogP contribution in [0.4, 0.5) is 5.69 Å². The number of hydrogen-bond donors (Lipinski definition) is 1. The molecular formula is C17H16ClNO2. The molecule has 3 rings (SSSR count). The van der Waals surface area contributed by atoms with Gasteiger partial charge in [-0.3, -0.25) is 0 Å². The second kappa shape index (κ2) is 5.70. The average molecular weight is 302 g/mol. The maximum Gasteiger partial charge on any atom is 0.199 e. The van der Waals surface area contributed by atoms with Crippen molar-refractivity contribution in [3.05, 3.63) is 58.8 Å². The summed E-state index contributed by atoms with van der Waals surface area (Å²) in [4.78, 5) is 0. The molecule has 0 spiro atoms. The third-order valence-corrected chi connectivity index (χ3v) is 3.82. The Labute approximate surface area is 128 Å². The maximum absolute atomic E-state index is 6.19. The van der Waals surface area contributed by atoms with E-state index in [1.165, 1.54) is 0 Å². The van der Waals surface area contributed by atoms with Crippen molar-refractivity contribution in [2.24, 2.45) is 0 Å². The van der Waals surface area contributed by atoms with Crippen LogP contribution in [0.2, 0.25) is 5.22 Å². The molecule has 0 radical (unpaired) electrons. The predicted molar refractivity (Wildman–Crippen MR) is 86.3 cm³/mol. The summed E-state index contributed by atoms with van der Waals surface area (Å²) in [5.41, 5.74) is 3.89. The molecule has 0 fully saturated rings. The van der Waals surface area contributed by atoms with E-state index >= 15 is 0 Å². The fraction of sp³-hybridized carbons (Fsp3) is 0.176. The Hall–Kier alpha value is -2.13. The van der Waals surface area contributed by atoms with Crippen LogP contribution in [0.5, 0.6) is 5.75 Å². The molecule has 1 heterocycles. The highest BCUT2D eigenvalue weighted by Crippen LogP contribution is 2.30. The molecule has 21 heavy (non-hydrogen) atoms. The lowest BCUT2D eigenvalue weighted by Gasteiger charge is -2.09. The summed E-state index contributed by atoms with van der Waals surface area (Å²) in [5.74, 6) is 0.882. The van der Waals surface area contributed by atoms with Gasteiger partial charge < -0.3 is 14.5 Å². The number of fused-ring (bicyclic) bond motifs is 1. The van der Waals surface area contributed by atoms with Crippen LogP contribution in [0.15, 0.2) is 46.9 Å². The van der Waals surface area contributed by atoms with E-state index in [1.54, 1.807) is 7.11 Å². The Morgan fingerprint density at radius 2 is 2.00 bits per heavy atom. The fourth-order valence-corrected chi connectivity index (χ4v) is 2.66. The molecule has 0 atom stereocenters. The number of para-hydroxylation sites is 1. The second-order valence-corrected chi connectivity index (χ2v) is 5.23. The van der Waals surface area contributed by atoms with Gasteiger partial charge in [0.2, 0.25) is 0 Å². The molecule has 1 aromatic heterocycles. The molecule has 0 aliphatic rings. The van der Waals surface area contributed by atoms with Crippen molar-refractivity contribution >= 4 is 28.3 Å². The summed E-state index contributed by atoms with van der Waals surface area (Å²) in [7, 11) is 1.67. The summed E-state index contributed by atoms with van der Waals surface area (Å²) in [5, 5.41) is 4.85. The number of hydrogen-bond acceptors (Lipinski definition) is 3. The van der Waals surface area contributed by atoms with Gasteiger partial charge in [0.05, 0.1) is 7.11 Å². The lowest BCUT2D eigenvalue weighted by Crippen LogP contribution is -2.00. The molecule has 0 saturated heterocycles. The van der Waals surface area contributed by atoms with Crippen LogP contribution in [0, 0.1) is 6.92 Å². The molecule has 0 saturated carbocycles. The van der Waals surface area contributed by atoms with Crippen molar-refractivity contribution in [3.63, 3.8) is 0 Å². The topological polar surface area (TPSA) is 34.4 Å². The third-order valence-electron chi connectivity index (χ3n) is 3.51. The van der Waals surface area contributed by atoms with Gasteiger partial charge in [0.1, 0.15) is 11.3 Å². The molecule has 0 aliphatic carbocycles. The quantitative estimate of drug-likeness (QED) is 0.735. The zero-order chi connectivity index (χ0) is 14.8. The van der Waals surface area contributed by atoms with Crippen molar-refractivity contribution in [1.82, 2.24) is 0 Å². The van der Waals surface area contributed by atoms with E-state index in [0.29, 0.717) is 11.8 Å². The largest absolute Gasteiger partial charge is 0.496 e. The SMILES string of the molecule is COc1ccc(NCc2c(Cl)oc3ccccc23)cc1C. The summed E-state index contributed by atoms with van der Waals surface area (Å²) < 4.78 is 10.8. The normalized spacial score (nSPS) is 10.8. The first-order chi connectivity index (χ1) is 10.2. The lowest BCUT2D eigenvalue weighted by atomic mass is 10.1. The molecule has 2 aromatic carbocycles. The highest BCUT2D eigenvalue weighted by molar-refractivity contribution is 6.30. The van der Waals surface area contributed by atoms with Crippen molar-refractivity contribution in [2.75, 3.05) is 12.4 Å². The Balaban J connectivity index is 1.83. The van der Waals surface area contributed by atoms with Crippen molar-refractivity contribution in [1.29, 1.82) is 0 Å². The van der Waals surface area contributed by atoms with Gasteiger partial charge in [0, 0.05) is 23.2 Å².